The van der Waals surface area contributed by atoms with E-state index < -0.39 is 11.5 Å². The molecular formula is C22H18FN3O3S. The summed E-state index contributed by atoms with van der Waals surface area (Å²) in [6, 6.07) is 14.0. The van der Waals surface area contributed by atoms with Crippen LogP contribution in [0.1, 0.15) is 5.69 Å². The summed E-state index contributed by atoms with van der Waals surface area (Å²) in [5, 5.41) is 12.4. The van der Waals surface area contributed by atoms with Gasteiger partial charge < -0.3 is 19.8 Å². The van der Waals surface area contributed by atoms with Crippen LogP contribution < -0.4 is 4.74 Å². The van der Waals surface area contributed by atoms with Crippen LogP contribution in [0.25, 0.3) is 21.8 Å². The number of aromatic amines is 2. The maximum atomic E-state index is 13.5. The van der Waals surface area contributed by atoms with E-state index in [1.165, 1.54) is 23.9 Å². The lowest BCUT2D eigenvalue weighted by molar-refractivity contribution is -0.142. The molecule has 0 bridgehead atoms. The van der Waals surface area contributed by atoms with Gasteiger partial charge in [0.15, 0.2) is 5.54 Å². The van der Waals surface area contributed by atoms with E-state index >= 15 is 0 Å². The van der Waals surface area contributed by atoms with Crippen LogP contribution in [0, 0.1) is 5.82 Å². The van der Waals surface area contributed by atoms with E-state index in [2.05, 4.69) is 15.0 Å². The van der Waals surface area contributed by atoms with Crippen LogP contribution in [0.3, 0.4) is 0 Å². The van der Waals surface area contributed by atoms with E-state index in [1.54, 1.807) is 6.07 Å². The number of aliphatic carboxylic acids is 1. The fourth-order valence-corrected chi connectivity index (χ4v) is 4.82. The molecule has 3 heterocycles. The minimum absolute atomic E-state index is 0.197. The molecule has 3 N–H and O–H groups in total. The number of fused-ring (bicyclic) bond motifs is 2. The fraction of sp³-hybridized carbons (Fsp3) is 0.182. The first-order chi connectivity index (χ1) is 14.5. The van der Waals surface area contributed by atoms with Crippen molar-refractivity contribution in [3.63, 3.8) is 0 Å². The molecule has 0 aliphatic carbocycles. The quantitative estimate of drug-likeness (QED) is 0.429. The molecule has 0 saturated heterocycles. The van der Waals surface area contributed by atoms with Crippen LogP contribution in [0.15, 0.2) is 59.7 Å². The molecule has 6 nitrogen and oxygen atoms in total. The molecule has 5 rings (SSSR count). The Kier molecular flexibility index (Phi) is 4.51. The number of benzene rings is 2. The molecule has 0 amide bonds. The van der Waals surface area contributed by atoms with Gasteiger partial charge in [0.1, 0.15) is 23.2 Å². The summed E-state index contributed by atoms with van der Waals surface area (Å²) in [5.41, 5.74) is 1.05. The third-order valence-electron chi connectivity index (χ3n) is 5.24. The van der Waals surface area contributed by atoms with Crippen molar-refractivity contribution >= 4 is 44.6 Å². The van der Waals surface area contributed by atoms with Gasteiger partial charge in [-0.05, 0) is 47.9 Å². The predicted octanol–water partition coefficient (Wildman–Crippen LogP) is 4.38. The first-order valence-electron chi connectivity index (χ1n) is 9.43. The van der Waals surface area contributed by atoms with Gasteiger partial charge in [-0.3, -0.25) is 4.99 Å². The molecule has 152 valence electrons. The van der Waals surface area contributed by atoms with Crippen LogP contribution in [-0.4, -0.2) is 44.0 Å². The number of carbonyl (C=O) groups is 1. The highest BCUT2D eigenvalue weighted by Crippen LogP contribution is 2.33. The molecule has 2 aromatic heterocycles. The van der Waals surface area contributed by atoms with Crippen LogP contribution in [0.2, 0.25) is 0 Å². The number of ether oxygens (including phenoxy) is 1. The molecule has 4 aromatic rings. The highest BCUT2D eigenvalue weighted by atomic mass is 32.2. The van der Waals surface area contributed by atoms with Crippen LogP contribution >= 0.6 is 11.8 Å². The zero-order valence-corrected chi connectivity index (χ0v) is 16.6. The highest BCUT2D eigenvalue weighted by molar-refractivity contribution is 8.14. The summed E-state index contributed by atoms with van der Waals surface area (Å²) in [4.78, 5) is 22.9. The summed E-state index contributed by atoms with van der Waals surface area (Å²) >= 11 is 1.40. The van der Waals surface area contributed by atoms with Gasteiger partial charge in [-0.15, -0.1) is 11.8 Å². The van der Waals surface area contributed by atoms with Crippen molar-refractivity contribution in [2.75, 3.05) is 12.4 Å². The normalized spacial score (nSPS) is 18.8. The van der Waals surface area contributed by atoms with Crippen molar-refractivity contribution in [1.82, 2.24) is 9.97 Å². The lowest BCUT2D eigenvalue weighted by Crippen LogP contribution is -2.39. The van der Waals surface area contributed by atoms with E-state index in [1.807, 2.05) is 36.5 Å². The number of aromatic nitrogens is 2. The Morgan fingerprint density at radius 1 is 1.23 bits per heavy atom. The van der Waals surface area contributed by atoms with Crippen molar-refractivity contribution in [3.05, 3.63) is 66.2 Å². The van der Waals surface area contributed by atoms with Gasteiger partial charge in [-0.2, -0.15) is 0 Å². The molecule has 0 saturated carbocycles. The number of carboxylic acids is 1. The predicted molar refractivity (Wildman–Crippen MR) is 116 cm³/mol. The summed E-state index contributed by atoms with van der Waals surface area (Å²) in [6.07, 6.45) is 2.05. The maximum absolute atomic E-state index is 13.5. The molecule has 0 spiro atoms. The van der Waals surface area contributed by atoms with Gasteiger partial charge in [0.25, 0.3) is 0 Å². The zero-order valence-electron chi connectivity index (χ0n) is 15.8. The van der Waals surface area contributed by atoms with E-state index in [0.29, 0.717) is 22.0 Å². The zero-order chi connectivity index (χ0) is 20.7. The Bertz CT molecular complexity index is 1300. The topological polar surface area (TPSA) is 90.5 Å². The second-order valence-electron chi connectivity index (χ2n) is 7.32. The lowest BCUT2D eigenvalue weighted by Gasteiger charge is -2.19. The lowest BCUT2D eigenvalue weighted by atomic mass is 9.96. The van der Waals surface area contributed by atoms with Crippen molar-refractivity contribution in [3.8, 4) is 5.75 Å². The van der Waals surface area contributed by atoms with Gasteiger partial charge in [0.2, 0.25) is 0 Å². The van der Waals surface area contributed by atoms with Crippen molar-refractivity contribution in [2.45, 2.75) is 12.0 Å². The molecule has 1 aliphatic heterocycles. The average Bonchev–Trinajstić information content (AvgIpc) is 3.44. The highest BCUT2D eigenvalue weighted by Gasteiger charge is 2.43. The Morgan fingerprint density at radius 3 is 3.00 bits per heavy atom. The fourth-order valence-electron chi connectivity index (χ4n) is 3.75. The molecule has 8 heteroatoms. The number of aliphatic imine (C=N–C) groups is 1. The van der Waals surface area contributed by atoms with Crippen molar-refractivity contribution in [2.24, 2.45) is 4.99 Å². The molecular weight excluding hydrogens is 405 g/mol. The van der Waals surface area contributed by atoms with Crippen LogP contribution in [-0.2, 0) is 11.2 Å². The van der Waals surface area contributed by atoms with Gasteiger partial charge in [0.05, 0.1) is 0 Å². The molecule has 2 aromatic carbocycles. The Balaban J connectivity index is 1.37. The van der Waals surface area contributed by atoms with E-state index in [9.17, 15) is 14.3 Å². The summed E-state index contributed by atoms with van der Waals surface area (Å²) < 4.78 is 19.4. The molecule has 1 atom stereocenters. The maximum Gasteiger partial charge on any atom is 0.332 e. The average molecular weight is 423 g/mol. The first-order valence-corrected chi connectivity index (χ1v) is 10.4. The van der Waals surface area contributed by atoms with Crippen molar-refractivity contribution < 1.29 is 19.0 Å². The van der Waals surface area contributed by atoms with E-state index in [0.717, 1.165) is 22.0 Å². The summed E-state index contributed by atoms with van der Waals surface area (Å²) in [7, 11) is 0. The van der Waals surface area contributed by atoms with E-state index in [4.69, 9.17) is 4.74 Å². The Morgan fingerprint density at radius 2 is 2.13 bits per heavy atom. The molecule has 0 radical (unpaired) electrons. The third kappa shape index (κ3) is 3.33. The Labute approximate surface area is 175 Å². The van der Waals surface area contributed by atoms with Gasteiger partial charge >= 0.3 is 5.97 Å². The molecule has 0 fully saturated rings. The largest absolute Gasteiger partial charge is 0.486 e. The number of carboxylic acid groups (broad SMARTS) is 1. The molecule has 1 unspecified atom stereocenters. The second-order valence-corrected chi connectivity index (χ2v) is 8.37. The molecule has 1 aliphatic rings. The summed E-state index contributed by atoms with van der Waals surface area (Å²) in [5.74, 6) is -0.278. The van der Waals surface area contributed by atoms with E-state index in [-0.39, 0.29) is 18.8 Å². The number of halogens is 1. The van der Waals surface area contributed by atoms with Crippen molar-refractivity contribution in [1.29, 1.82) is 0 Å². The number of nitrogens with one attached hydrogen (secondary N) is 2. The van der Waals surface area contributed by atoms with Gasteiger partial charge in [-0.25, -0.2) is 9.18 Å². The number of H-pyrrole nitrogens is 2. The number of thioether (sulfide) groups is 1. The smallest absolute Gasteiger partial charge is 0.332 e. The number of hydrogen-bond donors (Lipinski definition) is 3. The first kappa shape index (κ1) is 18.7. The Hall–Kier alpha value is -3.26. The number of hydrogen-bond acceptors (Lipinski definition) is 4. The standard InChI is InChI=1S/C22H18FN3O3S/c23-14-5-4-13-8-15(25-18(13)9-14)10-22(21(27)28)12-30-20(26-22)11-29-19-3-1-2-17-16(19)6-7-24-17/h1-9,24-25H,10-12H2,(H,27,28). The monoisotopic (exact) mass is 423 g/mol. The number of nitrogens with zero attached hydrogens (tertiary/aromatic N) is 1. The SMILES string of the molecule is O=C(O)C1(Cc2cc3ccc(F)cc3[nH]2)CSC(COc2cccc3[nH]ccc23)=N1. The summed E-state index contributed by atoms with van der Waals surface area (Å²) in [6.45, 7) is 0.210. The number of rotatable bonds is 6. The third-order valence-corrected chi connectivity index (χ3v) is 6.41. The minimum atomic E-state index is -1.27. The second kappa shape index (κ2) is 7.21. The minimum Gasteiger partial charge on any atom is -0.486 e. The van der Waals surface area contributed by atoms with Crippen LogP contribution in [0.5, 0.6) is 5.75 Å². The van der Waals surface area contributed by atoms with Crippen LogP contribution in [0.4, 0.5) is 4.39 Å². The van der Waals surface area contributed by atoms with Gasteiger partial charge in [0, 0.05) is 40.5 Å². The van der Waals surface area contributed by atoms with Gasteiger partial charge in [-0.1, -0.05) is 6.07 Å². The molecule has 30 heavy (non-hydrogen) atoms.